The first-order valence-electron chi connectivity index (χ1n) is 11.5. The maximum atomic E-state index is 13.6. The van der Waals surface area contributed by atoms with Crippen molar-refractivity contribution in [3.63, 3.8) is 0 Å². The van der Waals surface area contributed by atoms with Gasteiger partial charge in [-0.3, -0.25) is 9.59 Å². The summed E-state index contributed by atoms with van der Waals surface area (Å²) < 4.78 is 5.25. The Kier molecular flexibility index (Phi) is 8.85. The van der Waals surface area contributed by atoms with Crippen molar-refractivity contribution in [1.29, 1.82) is 0 Å². The molecule has 2 aromatic rings. The summed E-state index contributed by atoms with van der Waals surface area (Å²) >= 11 is 0. The molecule has 2 aromatic carbocycles. The van der Waals surface area contributed by atoms with Crippen LogP contribution in [0, 0.1) is 6.92 Å². The molecule has 0 fully saturated rings. The van der Waals surface area contributed by atoms with Crippen LogP contribution < -0.4 is 10.6 Å². The molecule has 0 aliphatic rings. The molecule has 0 heterocycles. The number of alkyl carbamates (subject to hydrolysis) is 1. The monoisotopic (exact) mass is 467 g/mol. The van der Waals surface area contributed by atoms with E-state index in [1.165, 1.54) is 4.90 Å². The third kappa shape index (κ3) is 7.90. The minimum Gasteiger partial charge on any atom is -0.444 e. The molecule has 34 heavy (non-hydrogen) atoms. The topological polar surface area (TPSA) is 87.7 Å². The van der Waals surface area contributed by atoms with Crippen molar-refractivity contribution in [2.45, 2.75) is 72.2 Å². The van der Waals surface area contributed by atoms with E-state index in [2.05, 4.69) is 10.6 Å². The molecule has 2 rings (SSSR count). The molecule has 0 aliphatic carbocycles. The van der Waals surface area contributed by atoms with Gasteiger partial charge < -0.3 is 20.3 Å². The number of rotatable bonds is 7. The van der Waals surface area contributed by atoms with E-state index in [0.29, 0.717) is 6.54 Å². The second-order valence-corrected chi connectivity index (χ2v) is 10.3. The van der Waals surface area contributed by atoms with Crippen molar-refractivity contribution >= 4 is 17.9 Å². The van der Waals surface area contributed by atoms with Crippen LogP contribution in [0.25, 0.3) is 0 Å². The molecule has 7 heteroatoms. The van der Waals surface area contributed by atoms with E-state index in [-0.39, 0.29) is 18.4 Å². The lowest BCUT2D eigenvalue weighted by molar-refractivity contribution is -0.146. The first-order valence-corrected chi connectivity index (χ1v) is 11.5. The summed E-state index contributed by atoms with van der Waals surface area (Å²) in [4.78, 5) is 40.7. The number of carbonyl (C=O) groups excluding carboxylic acids is 3. The molecule has 7 nitrogen and oxygen atoms in total. The average molecular weight is 468 g/mol. The molecule has 0 spiro atoms. The summed E-state index contributed by atoms with van der Waals surface area (Å²) in [5.74, 6) is -0.680. The number of nitrogens with one attached hydrogen (secondary N) is 2. The Morgan fingerprint density at radius 1 is 0.882 bits per heavy atom. The third-order valence-corrected chi connectivity index (χ3v) is 5.07. The van der Waals surface area contributed by atoms with Gasteiger partial charge in [-0.05, 0) is 65.2 Å². The zero-order chi connectivity index (χ0) is 25.5. The van der Waals surface area contributed by atoms with E-state index in [1.807, 2.05) is 82.3 Å². The van der Waals surface area contributed by atoms with Gasteiger partial charge in [0.25, 0.3) is 0 Å². The first-order chi connectivity index (χ1) is 15.8. The van der Waals surface area contributed by atoms with E-state index < -0.39 is 23.3 Å². The molecule has 1 atom stereocenters. The zero-order valence-corrected chi connectivity index (χ0v) is 21.3. The van der Waals surface area contributed by atoms with Crippen LogP contribution in [0.4, 0.5) is 4.79 Å². The van der Waals surface area contributed by atoms with Gasteiger partial charge in [0.1, 0.15) is 18.2 Å². The Balaban J connectivity index is 2.34. The Morgan fingerprint density at radius 3 is 2.03 bits per heavy atom. The number of amides is 3. The van der Waals surface area contributed by atoms with Gasteiger partial charge in [-0.1, -0.05) is 54.6 Å². The summed E-state index contributed by atoms with van der Waals surface area (Å²) in [6.45, 7) is 12.8. The normalized spacial score (nSPS) is 12.4. The van der Waals surface area contributed by atoms with Crippen LogP contribution in [-0.4, -0.2) is 40.5 Å². The summed E-state index contributed by atoms with van der Waals surface area (Å²) in [5, 5.41) is 5.51. The van der Waals surface area contributed by atoms with Gasteiger partial charge in [-0.25, -0.2) is 4.79 Å². The van der Waals surface area contributed by atoms with E-state index >= 15 is 0 Å². The lowest BCUT2D eigenvalue weighted by Gasteiger charge is -2.41. The van der Waals surface area contributed by atoms with Crippen LogP contribution in [0.5, 0.6) is 0 Å². The number of benzene rings is 2. The average Bonchev–Trinajstić information content (AvgIpc) is 2.73. The van der Waals surface area contributed by atoms with Gasteiger partial charge in [0, 0.05) is 12.1 Å². The van der Waals surface area contributed by atoms with Crippen molar-refractivity contribution in [2.24, 2.45) is 0 Å². The molecule has 2 N–H and O–H groups in total. The van der Waals surface area contributed by atoms with Crippen molar-refractivity contribution in [2.75, 3.05) is 6.54 Å². The fourth-order valence-electron chi connectivity index (χ4n) is 3.63. The predicted octanol–water partition coefficient (Wildman–Crippen LogP) is 4.50. The standard InChI is InChI=1S/C27H37N3O4/c1-19-13-11-12-16-21(19)23(24(32)28-17-20-14-9-8-10-15-20)30(26(2,3)4)22(31)18-29-25(33)34-27(5,6)7/h8-16,23H,17-18H2,1-7H3,(H,28,32)(H,29,33). The van der Waals surface area contributed by atoms with Crippen molar-refractivity contribution < 1.29 is 19.1 Å². The highest BCUT2D eigenvalue weighted by Gasteiger charge is 2.39. The van der Waals surface area contributed by atoms with Crippen molar-refractivity contribution in [3.05, 3.63) is 71.3 Å². The number of aryl methyl sites for hydroxylation is 1. The first kappa shape index (κ1) is 26.9. The molecule has 0 aromatic heterocycles. The number of hydrogen-bond donors (Lipinski definition) is 2. The second kappa shape index (κ2) is 11.2. The van der Waals surface area contributed by atoms with Crippen LogP contribution in [0.15, 0.2) is 54.6 Å². The number of carbonyl (C=O) groups is 3. The van der Waals surface area contributed by atoms with Crippen LogP contribution in [0.2, 0.25) is 0 Å². The van der Waals surface area contributed by atoms with Gasteiger partial charge in [-0.15, -0.1) is 0 Å². The van der Waals surface area contributed by atoms with E-state index in [0.717, 1.165) is 16.7 Å². The Morgan fingerprint density at radius 2 is 1.47 bits per heavy atom. The SMILES string of the molecule is Cc1ccccc1C(C(=O)NCc1ccccc1)N(C(=O)CNC(=O)OC(C)(C)C)C(C)(C)C. The van der Waals surface area contributed by atoms with Gasteiger partial charge >= 0.3 is 6.09 Å². The molecule has 0 bridgehead atoms. The van der Waals surface area contributed by atoms with Crippen molar-refractivity contribution in [3.8, 4) is 0 Å². The van der Waals surface area contributed by atoms with Crippen LogP contribution in [0.3, 0.4) is 0 Å². The molecule has 0 radical (unpaired) electrons. The predicted molar refractivity (Wildman–Crippen MR) is 133 cm³/mol. The molecule has 0 aliphatic heterocycles. The fraction of sp³-hybridized carbons (Fsp3) is 0.444. The smallest absolute Gasteiger partial charge is 0.408 e. The lowest BCUT2D eigenvalue weighted by Crippen LogP contribution is -2.55. The summed E-state index contributed by atoms with van der Waals surface area (Å²) in [6.07, 6.45) is -0.685. The fourth-order valence-corrected chi connectivity index (χ4v) is 3.63. The van der Waals surface area contributed by atoms with Crippen LogP contribution in [-0.2, 0) is 20.9 Å². The summed E-state index contributed by atoms with van der Waals surface area (Å²) in [5.41, 5.74) is 1.19. The quantitative estimate of drug-likeness (QED) is 0.627. The van der Waals surface area contributed by atoms with Gasteiger partial charge in [0.2, 0.25) is 11.8 Å². The van der Waals surface area contributed by atoms with Gasteiger partial charge in [0.15, 0.2) is 0 Å². The van der Waals surface area contributed by atoms with Crippen LogP contribution in [0.1, 0.15) is 64.3 Å². The minimum absolute atomic E-state index is 0.291. The van der Waals surface area contributed by atoms with Crippen LogP contribution >= 0.6 is 0 Å². The molecular formula is C27H37N3O4. The molecule has 3 amide bonds. The van der Waals surface area contributed by atoms with Gasteiger partial charge in [0.05, 0.1) is 0 Å². The highest BCUT2D eigenvalue weighted by Crippen LogP contribution is 2.31. The minimum atomic E-state index is -0.877. The Labute approximate surface area is 202 Å². The molecular weight excluding hydrogens is 430 g/mol. The second-order valence-electron chi connectivity index (χ2n) is 10.3. The number of hydrogen-bond acceptors (Lipinski definition) is 4. The Hall–Kier alpha value is -3.35. The van der Waals surface area contributed by atoms with E-state index in [4.69, 9.17) is 4.74 Å². The lowest BCUT2D eigenvalue weighted by atomic mass is 9.94. The van der Waals surface area contributed by atoms with E-state index in [1.54, 1.807) is 20.8 Å². The maximum Gasteiger partial charge on any atom is 0.408 e. The maximum absolute atomic E-state index is 13.6. The summed E-state index contributed by atoms with van der Waals surface area (Å²) in [7, 11) is 0. The molecule has 184 valence electrons. The zero-order valence-electron chi connectivity index (χ0n) is 21.3. The number of ether oxygens (including phenoxy) is 1. The molecule has 0 saturated heterocycles. The van der Waals surface area contributed by atoms with E-state index in [9.17, 15) is 14.4 Å². The summed E-state index contributed by atoms with van der Waals surface area (Å²) in [6, 6.07) is 16.2. The molecule has 1 unspecified atom stereocenters. The third-order valence-electron chi connectivity index (χ3n) is 5.07. The van der Waals surface area contributed by atoms with Gasteiger partial charge in [-0.2, -0.15) is 0 Å². The number of nitrogens with zero attached hydrogens (tertiary/aromatic N) is 1. The highest BCUT2D eigenvalue weighted by molar-refractivity contribution is 5.91. The Bertz CT molecular complexity index is 991. The molecule has 0 saturated carbocycles. The van der Waals surface area contributed by atoms with Crippen molar-refractivity contribution in [1.82, 2.24) is 15.5 Å². The highest BCUT2D eigenvalue weighted by atomic mass is 16.6. The largest absolute Gasteiger partial charge is 0.444 e.